The Balaban J connectivity index is 3.05. The van der Waals surface area contributed by atoms with E-state index in [9.17, 15) is 8.42 Å². The minimum atomic E-state index is -3.68. The zero-order valence-corrected chi connectivity index (χ0v) is 13.3. The monoisotopic (exact) mass is 288 g/mol. The highest BCUT2D eigenvalue weighted by atomic mass is 32.2. The first-order chi connectivity index (χ1) is 8.34. The summed E-state index contributed by atoms with van der Waals surface area (Å²) in [6, 6.07) is 0. The molecule has 1 aromatic rings. The number of nitrogen functional groups attached to an aromatic ring is 1. The predicted octanol–water partition coefficient (Wildman–Crippen LogP) is 1.50. The fourth-order valence-corrected chi connectivity index (χ4v) is 4.19. The molecule has 7 heteroatoms. The largest absolute Gasteiger partial charge is 0.381 e. The van der Waals surface area contributed by atoms with Crippen molar-refractivity contribution in [3.63, 3.8) is 0 Å². The molecule has 0 aromatic carbocycles. The van der Waals surface area contributed by atoms with E-state index in [4.69, 9.17) is 5.73 Å². The van der Waals surface area contributed by atoms with Gasteiger partial charge in [-0.15, -0.1) is 0 Å². The van der Waals surface area contributed by atoms with Gasteiger partial charge in [-0.05, 0) is 25.7 Å². The van der Waals surface area contributed by atoms with E-state index in [0.717, 1.165) is 0 Å². The molecule has 0 saturated carbocycles. The number of nitrogens with one attached hydrogen (secondary N) is 1. The van der Waals surface area contributed by atoms with Crippen molar-refractivity contribution in [1.82, 2.24) is 14.3 Å². The molecule has 0 atom stereocenters. The third-order valence-corrected chi connectivity index (χ3v) is 4.37. The molecule has 0 aliphatic heterocycles. The molecule has 0 unspecified atom stereocenters. The van der Waals surface area contributed by atoms with E-state index in [1.165, 1.54) is 10.9 Å². The van der Waals surface area contributed by atoms with Crippen molar-refractivity contribution in [3.8, 4) is 0 Å². The number of rotatable bonds is 4. The standard InChI is InChI=1S/C12H24N4O2S/c1-11(2,3)7-12(4,5)15-19(17,18)10-9(13)14-8-16(10)6/h8,15H,7,13H2,1-6H3. The second-order valence-corrected chi connectivity index (χ2v) is 8.37. The van der Waals surface area contributed by atoms with Crippen LogP contribution in [0.4, 0.5) is 5.82 Å². The van der Waals surface area contributed by atoms with Gasteiger partial charge in [-0.25, -0.2) is 18.1 Å². The van der Waals surface area contributed by atoms with Crippen molar-refractivity contribution in [1.29, 1.82) is 0 Å². The number of aryl methyl sites for hydroxylation is 1. The first-order valence-electron chi connectivity index (χ1n) is 6.15. The Hall–Kier alpha value is -1.08. The van der Waals surface area contributed by atoms with Crippen LogP contribution >= 0.6 is 0 Å². The van der Waals surface area contributed by atoms with Gasteiger partial charge in [0.05, 0.1) is 6.33 Å². The van der Waals surface area contributed by atoms with Crippen LogP contribution in [0.5, 0.6) is 0 Å². The van der Waals surface area contributed by atoms with E-state index < -0.39 is 15.6 Å². The van der Waals surface area contributed by atoms with Gasteiger partial charge in [0.15, 0.2) is 10.8 Å². The summed E-state index contributed by atoms with van der Waals surface area (Å²) in [5, 5.41) is 0.00878. The van der Waals surface area contributed by atoms with E-state index in [1.807, 2.05) is 13.8 Å². The maximum Gasteiger partial charge on any atom is 0.260 e. The van der Waals surface area contributed by atoms with Gasteiger partial charge in [0.2, 0.25) is 0 Å². The Morgan fingerprint density at radius 3 is 2.21 bits per heavy atom. The molecule has 0 radical (unpaired) electrons. The summed E-state index contributed by atoms with van der Waals surface area (Å²) in [7, 11) is -2.08. The molecular formula is C12H24N4O2S. The number of aromatic nitrogens is 2. The van der Waals surface area contributed by atoms with Crippen molar-refractivity contribution >= 4 is 15.8 Å². The Kier molecular flexibility index (Phi) is 4.03. The summed E-state index contributed by atoms with van der Waals surface area (Å²) in [5.74, 6) is 0.0153. The van der Waals surface area contributed by atoms with Crippen molar-refractivity contribution < 1.29 is 8.42 Å². The van der Waals surface area contributed by atoms with Crippen LogP contribution in [-0.2, 0) is 17.1 Å². The first kappa shape index (κ1) is 16.0. The van der Waals surface area contributed by atoms with Crippen LogP contribution in [-0.4, -0.2) is 23.5 Å². The van der Waals surface area contributed by atoms with Gasteiger partial charge >= 0.3 is 0 Å². The molecule has 3 N–H and O–H groups in total. The Bertz CT molecular complexity index is 533. The summed E-state index contributed by atoms with van der Waals surface area (Å²) in [5.41, 5.74) is 5.08. The second kappa shape index (κ2) is 4.79. The molecular weight excluding hydrogens is 264 g/mol. The van der Waals surface area contributed by atoms with Crippen LogP contribution in [0.1, 0.15) is 41.0 Å². The molecule has 0 saturated heterocycles. The van der Waals surface area contributed by atoms with Crippen LogP contribution in [0.15, 0.2) is 11.4 Å². The molecule has 0 fully saturated rings. The average molecular weight is 288 g/mol. The topological polar surface area (TPSA) is 90.0 Å². The summed E-state index contributed by atoms with van der Waals surface area (Å²) in [6.45, 7) is 9.94. The Labute approximate surface area is 115 Å². The number of hydrogen-bond donors (Lipinski definition) is 2. The molecule has 1 rings (SSSR count). The van der Waals surface area contributed by atoms with E-state index in [2.05, 4.69) is 30.5 Å². The molecule has 0 amide bonds. The highest BCUT2D eigenvalue weighted by Gasteiger charge is 2.33. The van der Waals surface area contributed by atoms with Gasteiger partial charge < -0.3 is 10.3 Å². The number of nitrogens with two attached hydrogens (primary N) is 1. The maximum atomic E-state index is 12.4. The van der Waals surface area contributed by atoms with Crippen LogP contribution in [0, 0.1) is 5.41 Å². The van der Waals surface area contributed by atoms with Gasteiger partial charge in [0.1, 0.15) is 0 Å². The van der Waals surface area contributed by atoms with Gasteiger partial charge in [0, 0.05) is 12.6 Å². The smallest absolute Gasteiger partial charge is 0.260 e. The van der Waals surface area contributed by atoms with Crippen LogP contribution in [0.25, 0.3) is 0 Å². The predicted molar refractivity (Wildman–Crippen MR) is 76.1 cm³/mol. The molecule has 1 aromatic heterocycles. The van der Waals surface area contributed by atoms with Gasteiger partial charge in [-0.2, -0.15) is 0 Å². The maximum absolute atomic E-state index is 12.4. The number of nitrogens with zero attached hydrogens (tertiary/aromatic N) is 2. The lowest BCUT2D eigenvalue weighted by atomic mass is 9.82. The highest BCUT2D eigenvalue weighted by Crippen LogP contribution is 2.28. The summed E-state index contributed by atoms with van der Waals surface area (Å²) in [6.07, 6.45) is 2.09. The molecule has 0 aliphatic rings. The lowest BCUT2D eigenvalue weighted by Gasteiger charge is -2.32. The summed E-state index contributed by atoms with van der Waals surface area (Å²) in [4.78, 5) is 3.81. The van der Waals surface area contributed by atoms with Crippen molar-refractivity contribution in [2.24, 2.45) is 12.5 Å². The van der Waals surface area contributed by atoms with Crippen molar-refractivity contribution in [2.45, 2.75) is 51.6 Å². The molecule has 1 heterocycles. The summed E-state index contributed by atoms with van der Waals surface area (Å²) >= 11 is 0. The van der Waals surface area contributed by atoms with Crippen LogP contribution in [0.3, 0.4) is 0 Å². The Morgan fingerprint density at radius 2 is 1.84 bits per heavy atom. The number of sulfonamides is 1. The SMILES string of the molecule is Cn1cnc(N)c1S(=O)(=O)NC(C)(C)CC(C)(C)C. The number of anilines is 1. The lowest BCUT2D eigenvalue weighted by molar-refractivity contribution is 0.269. The van der Waals surface area contributed by atoms with Crippen LogP contribution in [0.2, 0.25) is 0 Å². The van der Waals surface area contributed by atoms with Gasteiger partial charge in [-0.3, -0.25) is 0 Å². The van der Waals surface area contributed by atoms with E-state index in [0.29, 0.717) is 6.42 Å². The highest BCUT2D eigenvalue weighted by molar-refractivity contribution is 7.89. The second-order valence-electron chi connectivity index (χ2n) is 6.77. The van der Waals surface area contributed by atoms with Gasteiger partial charge in [-0.1, -0.05) is 20.8 Å². The molecule has 110 valence electrons. The minimum absolute atomic E-state index is 0.00878. The van der Waals surface area contributed by atoms with E-state index in [1.54, 1.807) is 7.05 Å². The molecule has 0 aliphatic carbocycles. The molecule has 0 bridgehead atoms. The van der Waals surface area contributed by atoms with E-state index in [-0.39, 0.29) is 16.3 Å². The average Bonchev–Trinajstić information content (AvgIpc) is 2.38. The normalized spacial score (nSPS) is 13.8. The minimum Gasteiger partial charge on any atom is -0.381 e. The molecule has 0 spiro atoms. The summed E-state index contributed by atoms with van der Waals surface area (Å²) < 4.78 is 28.9. The zero-order valence-electron chi connectivity index (χ0n) is 12.5. The van der Waals surface area contributed by atoms with Crippen molar-refractivity contribution in [3.05, 3.63) is 6.33 Å². The third kappa shape index (κ3) is 4.21. The number of hydrogen-bond acceptors (Lipinski definition) is 4. The van der Waals surface area contributed by atoms with Gasteiger partial charge in [0.25, 0.3) is 10.0 Å². The van der Waals surface area contributed by atoms with E-state index >= 15 is 0 Å². The molecule has 19 heavy (non-hydrogen) atoms. The molecule has 6 nitrogen and oxygen atoms in total. The number of imidazole rings is 1. The zero-order chi connectivity index (χ0) is 15.1. The Morgan fingerprint density at radius 1 is 1.32 bits per heavy atom. The van der Waals surface area contributed by atoms with Crippen molar-refractivity contribution in [2.75, 3.05) is 5.73 Å². The fourth-order valence-electron chi connectivity index (χ4n) is 2.54. The quantitative estimate of drug-likeness (QED) is 0.878. The first-order valence-corrected chi connectivity index (χ1v) is 7.63. The lowest BCUT2D eigenvalue weighted by Crippen LogP contribution is -2.46. The third-order valence-electron chi connectivity index (χ3n) is 2.55. The fraction of sp³-hybridized carbons (Fsp3) is 0.750. The van der Waals surface area contributed by atoms with Crippen LogP contribution < -0.4 is 10.5 Å².